The molecule has 1 atom stereocenters. The maximum Gasteiger partial charge on any atom is 0.407 e. The summed E-state index contributed by atoms with van der Waals surface area (Å²) in [6.07, 6.45) is 20.5. The fourth-order valence-corrected chi connectivity index (χ4v) is 6.80. The van der Waals surface area contributed by atoms with Gasteiger partial charge in [-0.25, -0.2) is 4.79 Å². The van der Waals surface area contributed by atoms with Crippen molar-refractivity contribution < 1.29 is 38.1 Å². The molecule has 10 heteroatoms. The van der Waals surface area contributed by atoms with Crippen LogP contribution in [0, 0.1) is 6.92 Å². The monoisotopic (exact) mass is 774 g/mol. The van der Waals surface area contributed by atoms with Crippen molar-refractivity contribution >= 4 is 18.0 Å². The summed E-state index contributed by atoms with van der Waals surface area (Å²) in [6, 6.07) is 5.59. The third-order valence-corrected chi connectivity index (χ3v) is 10.1. The molecule has 1 saturated heterocycles. The summed E-state index contributed by atoms with van der Waals surface area (Å²) in [5.41, 5.74) is 2.29. The Morgan fingerprint density at radius 2 is 1.18 bits per heavy atom. The van der Waals surface area contributed by atoms with Crippen LogP contribution in [-0.2, 0) is 46.5 Å². The predicted octanol–water partition coefficient (Wildman–Crippen LogP) is 10.4. The van der Waals surface area contributed by atoms with Gasteiger partial charge in [-0.05, 0) is 87.7 Å². The van der Waals surface area contributed by atoms with Crippen LogP contribution in [0.15, 0.2) is 18.2 Å². The number of carbonyl (C=O) groups is 3. The fourth-order valence-electron chi connectivity index (χ4n) is 6.80. The number of hydrogen-bond acceptors (Lipinski definition) is 9. The Labute approximate surface area is 334 Å². The van der Waals surface area contributed by atoms with E-state index >= 15 is 0 Å². The zero-order valence-corrected chi connectivity index (χ0v) is 35.0. The van der Waals surface area contributed by atoms with Gasteiger partial charge >= 0.3 is 18.0 Å². The van der Waals surface area contributed by atoms with Gasteiger partial charge in [0.05, 0.1) is 6.42 Å². The van der Waals surface area contributed by atoms with Crippen LogP contribution < -0.4 is 5.32 Å². The third-order valence-electron chi connectivity index (χ3n) is 10.1. The van der Waals surface area contributed by atoms with E-state index in [0.717, 1.165) is 81.3 Å². The molecule has 55 heavy (non-hydrogen) atoms. The second-order valence-corrected chi connectivity index (χ2v) is 15.3. The third kappa shape index (κ3) is 26.0. The zero-order valence-electron chi connectivity index (χ0n) is 35.0. The molecule has 1 radical (unpaired) electrons. The van der Waals surface area contributed by atoms with Crippen LogP contribution in [0.4, 0.5) is 4.79 Å². The Morgan fingerprint density at radius 3 is 1.75 bits per heavy atom. The predicted molar refractivity (Wildman–Crippen MR) is 219 cm³/mol. The number of nitrogens with zero attached hydrogens (tertiary/aromatic N) is 1. The molecule has 315 valence electrons. The number of esters is 2. The van der Waals surface area contributed by atoms with Gasteiger partial charge in [0.2, 0.25) is 0 Å². The number of unbranched alkanes of at least 4 members (excludes halogenated alkanes) is 12. The van der Waals surface area contributed by atoms with Crippen LogP contribution in [-0.4, -0.2) is 74.7 Å². The van der Waals surface area contributed by atoms with Crippen molar-refractivity contribution in [2.45, 2.75) is 188 Å². The summed E-state index contributed by atoms with van der Waals surface area (Å²) < 4.78 is 29.1. The zero-order chi connectivity index (χ0) is 39.8. The van der Waals surface area contributed by atoms with E-state index < -0.39 is 12.4 Å². The molecule has 1 N–H and O–H groups in total. The second-order valence-electron chi connectivity index (χ2n) is 15.3. The van der Waals surface area contributed by atoms with E-state index in [9.17, 15) is 14.4 Å². The van der Waals surface area contributed by atoms with Crippen molar-refractivity contribution in [3.8, 4) is 0 Å². The van der Waals surface area contributed by atoms with E-state index in [1.54, 1.807) is 0 Å². The van der Waals surface area contributed by atoms with E-state index in [0.29, 0.717) is 39.0 Å². The van der Waals surface area contributed by atoms with Crippen molar-refractivity contribution in [2.75, 3.05) is 39.4 Å². The number of carbonyl (C=O) groups excluding carboxylic acids is 3. The standard InChI is InChI=1S/C45H77N2O8/c1-5-8-11-13-15-20-31-51-44(52-32-21-16-14-12-9-6-2)26-25-43(49)54-37-40-34-38(4)33-39(35-40)36-53-42(48)24-23-41(22-17-10-7-3)55-45(50)46-27-30-47-28-18-19-29-47/h33-35,41,44H,4-32,36-37H2,1-3H3,(H,46,50). The molecule has 2 rings (SSSR count). The Hall–Kier alpha value is -2.69. The maximum absolute atomic E-state index is 12.8. The molecule has 1 aliphatic heterocycles. The highest BCUT2D eigenvalue weighted by Gasteiger charge is 2.18. The molecule has 0 aliphatic carbocycles. The highest BCUT2D eigenvalue weighted by atomic mass is 16.7. The van der Waals surface area contributed by atoms with Crippen LogP contribution >= 0.6 is 0 Å². The molecular weight excluding hydrogens is 697 g/mol. The van der Waals surface area contributed by atoms with Gasteiger partial charge in [-0.1, -0.05) is 110 Å². The summed E-state index contributed by atoms with van der Waals surface area (Å²) in [5, 5.41) is 2.87. The lowest BCUT2D eigenvalue weighted by Crippen LogP contribution is -2.35. The molecule has 0 spiro atoms. The molecule has 1 aromatic rings. The van der Waals surface area contributed by atoms with Gasteiger partial charge in [-0.3, -0.25) is 9.59 Å². The summed E-state index contributed by atoms with van der Waals surface area (Å²) in [5.74, 6) is -0.664. The van der Waals surface area contributed by atoms with Crippen LogP contribution in [0.3, 0.4) is 0 Å². The summed E-state index contributed by atoms with van der Waals surface area (Å²) in [7, 11) is 0. The number of amides is 1. The van der Waals surface area contributed by atoms with Crippen molar-refractivity contribution in [1.82, 2.24) is 10.2 Å². The van der Waals surface area contributed by atoms with Crippen molar-refractivity contribution in [1.29, 1.82) is 0 Å². The SMILES string of the molecule is [CH2]c1cc(COC(=O)CCC(CCCCC)OC(=O)NCCN2CCCC2)cc(COC(=O)CCC(OCCCCCCCC)OCCCCCCCC)c1. The molecule has 1 aliphatic rings. The van der Waals surface area contributed by atoms with Crippen LogP contribution in [0.25, 0.3) is 0 Å². The molecule has 0 aromatic heterocycles. The van der Waals surface area contributed by atoms with E-state index in [2.05, 4.69) is 37.9 Å². The first-order chi connectivity index (χ1) is 26.8. The van der Waals surface area contributed by atoms with E-state index in [4.69, 9.17) is 23.7 Å². The maximum atomic E-state index is 12.8. The van der Waals surface area contributed by atoms with E-state index in [1.165, 1.54) is 64.2 Å². The number of hydrogen-bond donors (Lipinski definition) is 1. The number of nitrogens with one attached hydrogen (secondary N) is 1. The minimum Gasteiger partial charge on any atom is -0.461 e. The topological polar surface area (TPSA) is 113 Å². The van der Waals surface area contributed by atoms with Crippen molar-refractivity contribution in [2.24, 2.45) is 0 Å². The molecule has 0 bridgehead atoms. The molecule has 0 saturated carbocycles. The molecule has 1 amide bonds. The largest absolute Gasteiger partial charge is 0.461 e. The van der Waals surface area contributed by atoms with Gasteiger partial charge in [0.15, 0.2) is 6.29 Å². The highest BCUT2D eigenvalue weighted by Crippen LogP contribution is 2.17. The minimum atomic E-state index is -0.428. The smallest absolute Gasteiger partial charge is 0.407 e. The average molecular weight is 774 g/mol. The van der Waals surface area contributed by atoms with Gasteiger partial charge in [0.25, 0.3) is 0 Å². The highest BCUT2D eigenvalue weighted by molar-refractivity contribution is 5.70. The number of benzene rings is 1. The van der Waals surface area contributed by atoms with Gasteiger partial charge in [-0.2, -0.15) is 0 Å². The Balaban J connectivity index is 1.76. The van der Waals surface area contributed by atoms with Crippen molar-refractivity contribution in [3.05, 3.63) is 41.8 Å². The second kappa shape index (κ2) is 32.4. The quantitative estimate of drug-likeness (QED) is 0.0316. The molecule has 1 aromatic carbocycles. The van der Waals surface area contributed by atoms with Gasteiger partial charge in [-0.15, -0.1) is 0 Å². The molecule has 1 unspecified atom stereocenters. The summed E-state index contributed by atoms with van der Waals surface area (Å²) in [4.78, 5) is 40.4. The summed E-state index contributed by atoms with van der Waals surface area (Å²) in [6.45, 7) is 15.6. The number of ether oxygens (including phenoxy) is 5. The number of likely N-dealkylation sites (tertiary alicyclic amines) is 1. The van der Waals surface area contributed by atoms with Crippen LogP contribution in [0.5, 0.6) is 0 Å². The van der Waals surface area contributed by atoms with Crippen LogP contribution in [0.1, 0.15) is 179 Å². The Morgan fingerprint density at radius 1 is 0.673 bits per heavy atom. The Kier molecular flexibility index (Phi) is 28.5. The van der Waals surface area contributed by atoms with E-state index in [1.807, 2.05) is 18.2 Å². The number of alkyl carbamates (subject to hydrolysis) is 1. The van der Waals surface area contributed by atoms with Gasteiger partial charge in [0.1, 0.15) is 19.3 Å². The lowest BCUT2D eigenvalue weighted by atomic mass is 10.1. The minimum absolute atomic E-state index is 0.0784. The first kappa shape index (κ1) is 48.5. The molecule has 1 fully saturated rings. The lowest BCUT2D eigenvalue weighted by molar-refractivity contribution is -0.160. The average Bonchev–Trinajstić information content (AvgIpc) is 3.70. The van der Waals surface area contributed by atoms with E-state index in [-0.39, 0.29) is 44.1 Å². The Bertz CT molecular complexity index is 1120. The van der Waals surface area contributed by atoms with Gasteiger partial charge in [0, 0.05) is 39.1 Å². The molecular formula is C45H77N2O8. The first-order valence-corrected chi connectivity index (χ1v) is 22.0. The summed E-state index contributed by atoms with van der Waals surface area (Å²) >= 11 is 0. The van der Waals surface area contributed by atoms with Crippen molar-refractivity contribution in [3.63, 3.8) is 0 Å². The number of rotatable bonds is 34. The fraction of sp³-hybridized carbons (Fsp3) is 0.778. The van der Waals surface area contributed by atoms with Crippen LogP contribution in [0.2, 0.25) is 0 Å². The molecule has 1 heterocycles. The first-order valence-electron chi connectivity index (χ1n) is 22.0. The van der Waals surface area contributed by atoms with Gasteiger partial charge < -0.3 is 33.9 Å². The normalized spacial score (nSPS) is 13.6. The molecule has 10 nitrogen and oxygen atoms in total. The lowest BCUT2D eigenvalue weighted by Gasteiger charge is -2.19.